The summed E-state index contributed by atoms with van der Waals surface area (Å²) in [5, 5.41) is 0. The van der Waals surface area contributed by atoms with Crippen LogP contribution in [0, 0.1) is 0 Å². The SMILES string of the molecule is c1ccc(-c2cc(-c3ccccc3)nc(-c3ccc(-c4ccc5c(c4)C4(c6ccccc6-5)c5ccccc5C5(c6ccccc6-c6ccccc65)c5ccccc54)cc3)c2)cc1. The molecule has 0 amide bonds. The highest BCUT2D eigenvalue weighted by Gasteiger charge is 2.58. The largest absolute Gasteiger partial charge is 0.248 e. The van der Waals surface area contributed by atoms with E-state index in [1.807, 2.05) is 0 Å². The van der Waals surface area contributed by atoms with Crippen molar-refractivity contribution in [2.24, 2.45) is 0 Å². The lowest BCUT2D eigenvalue weighted by Crippen LogP contribution is -2.43. The second-order valence-electron chi connectivity index (χ2n) is 16.9. The third-order valence-corrected chi connectivity index (χ3v) is 14.0. The molecule has 0 saturated heterocycles. The molecule has 13 rings (SSSR count). The van der Waals surface area contributed by atoms with E-state index in [4.69, 9.17) is 4.98 Å². The molecule has 1 heterocycles. The summed E-state index contributed by atoms with van der Waals surface area (Å²) < 4.78 is 0. The molecule has 2 spiro atoms. The molecular formula is C61H39N. The molecule has 1 heteroatoms. The van der Waals surface area contributed by atoms with E-state index in [0.717, 1.165) is 28.1 Å². The molecule has 62 heavy (non-hydrogen) atoms. The maximum Gasteiger partial charge on any atom is 0.0720 e. The number of hydrogen-bond donors (Lipinski definition) is 0. The van der Waals surface area contributed by atoms with Crippen molar-refractivity contribution in [3.05, 3.63) is 281 Å². The first-order valence-electron chi connectivity index (χ1n) is 21.6. The van der Waals surface area contributed by atoms with Crippen molar-refractivity contribution in [2.45, 2.75) is 10.8 Å². The van der Waals surface area contributed by atoms with E-state index in [1.165, 1.54) is 83.5 Å². The highest BCUT2D eigenvalue weighted by atomic mass is 14.7. The van der Waals surface area contributed by atoms with Gasteiger partial charge in [-0.05, 0) is 107 Å². The van der Waals surface area contributed by atoms with Gasteiger partial charge in [-0.15, -0.1) is 0 Å². The van der Waals surface area contributed by atoms with Gasteiger partial charge in [0.05, 0.1) is 22.2 Å². The number of fused-ring (bicyclic) bond motifs is 16. The summed E-state index contributed by atoms with van der Waals surface area (Å²) >= 11 is 0. The first-order chi connectivity index (χ1) is 30.7. The molecule has 1 nitrogen and oxygen atoms in total. The van der Waals surface area contributed by atoms with Gasteiger partial charge in [-0.3, -0.25) is 0 Å². The summed E-state index contributed by atoms with van der Waals surface area (Å²) in [6, 6.07) is 87.7. The van der Waals surface area contributed by atoms with Crippen molar-refractivity contribution in [2.75, 3.05) is 0 Å². The fourth-order valence-electron chi connectivity index (χ4n) is 11.5. The average Bonchev–Trinajstić information content (AvgIpc) is 3.82. The fraction of sp³-hybridized carbons (Fsp3) is 0.0328. The number of aromatic nitrogens is 1. The molecule has 288 valence electrons. The number of pyridine rings is 1. The van der Waals surface area contributed by atoms with Crippen LogP contribution in [-0.4, -0.2) is 4.98 Å². The number of hydrogen-bond acceptors (Lipinski definition) is 1. The number of nitrogens with zero attached hydrogens (tertiary/aromatic N) is 1. The van der Waals surface area contributed by atoms with E-state index in [2.05, 4.69) is 237 Å². The fourth-order valence-corrected chi connectivity index (χ4v) is 11.5. The Morgan fingerprint density at radius 3 is 1.02 bits per heavy atom. The summed E-state index contributed by atoms with van der Waals surface area (Å²) in [5.41, 5.74) is 23.9. The molecule has 0 saturated carbocycles. The van der Waals surface area contributed by atoms with Crippen molar-refractivity contribution in [3.63, 3.8) is 0 Å². The molecule has 0 atom stereocenters. The molecule has 0 unspecified atom stereocenters. The highest BCUT2D eigenvalue weighted by molar-refractivity contribution is 5.94. The quantitative estimate of drug-likeness (QED) is 0.173. The van der Waals surface area contributed by atoms with Crippen LogP contribution in [0.25, 0.3) is 67.0 Å². The molecule has 0 radical (unpaired) electrons. The molecule has 0 bridgehead atoms. The maximum absolute atomic E-state index is 5.23. The highest BCUT2D eigenvalue weighted by Crippen LogP contribution is 2.67. The summed E-state index contributed by atoms with van der Waals surface area (Å²) in [4.78, 5) is 5.23. The molecule has 0 N–H and O–H groups in total. The van der Waals surface area contributed by atoms with E-state index < -0.39 is 10.8 Å². The molecule has 1 aromatic heterocycles. The topological polar surface area (TPSA) is 12.9 Å². The van der Waals surface area contributed by atoms with Gasteiger partial charge in [0.25, 0.3) is 0 Å². The summed E-state index contributed by atoms with van der Waals surface area (Å²) in [5.74, 6) is 0. The van der Waals surface area contributed by atoms with Gasteiger partial charge in [-0.25, -0.2) is 4.98 Å². The van der Waals surface area contributed by atoms with E-state index in [1.54, 1.807) is 0 Å². The van der Waals surface area contributed by atoms with Crippen LogP contribution in [0.1, 0.15) is 44.5 Å². The Labute approximate surface area is 362 Å². The maximum atomic E-state index is 5.23. The van der Waals surface area contributed by atoms with Crippen LogP contribution in [0.4, 0.5) is 0 Å². The number of benzene rings is 9. The van der Waals surface area contributed by atoms with E-state index in [9.17, 15) is 0 Å². The predicted octanol–water partition coefficient (Wildman–Crippen LogP) is 14.8. The van der Waals surface area contributed by atoms with Gasteiger partial charge >= 0.3 is 0 Å². The van der Waals surface area contributed by atoms with E-state index in [-0.39, 0.29) is 0 Å². The van der Waals surface area contributed by atoms with Gasteiger partial charge in [-0.1, -0.05) is 218 Å². The lowest BCUT2D eigenvalue weighted by Gasteiger charge is -2.48. The van der Waals surface area contributed by atoms with E-state index >= 15 is 0 Å². The molecule has 3 aliphatic carbocycles. The molecule has 10 aromatic rings. The van der Waals surface area contributed by atoms with Crippen molar-refractivity contribution in [1.82, 2.24) is 4.98 Å². The Balaban J connectivity index is 1.00. The standard InChI is InChI=1S/C61H39N/c1-3-17-40(18-4-1)45-38-58(42-19-5-2-6-20-42)62-59(39-45)43-33-31-41(32-34-43)44-35-36-49-48-23-9-12-26-52(48)61(57(49)37-44)55-29-15-13-27-53(55)60(54-28-14-16-30-56(54)61)50-24-10-7-21-46(50)47-22-8-11-25-51(47)60/h1-39H. The molecule has 0 aliphatic heterocycles. The normalized spacial score (nSPS) is 14.1. The van der Waals surface area contributed by atoms with Gasteiger partial charge in [-0.2, -0.15) is 0 Å². The van der Waals surface area contributed by atoms with Crippen molar-refractivity contribution >= 4 is 0 Å². The minimum atomic E-state index is -0.525. The molecule has 0 fully saturated rings. The monoisotopic (exact) mass is 785 g/mol. The van der Waals surface area contributed by atoms with Gasteiger partial charge in [0, 0.05) is 11.1 Å². The number of rotatable bonds is 4. The lowest BCUT2D eigenvalue weighted by atomic mass is 9.52. The van der Waals surface area contributed by atoms with Crippen molar-refractivity contribution < 1.29 is 0 Å². The lowest BCUT2D eigenvalue weighted by molar-refractivity contribution is 0.633. The van der Waals surface area contributed by atoms with Crippen LogP contribution in [0.2, 0.25) is 0 Å². The van der Waals surface area contributed by atoms with Crippen LogP contribution in [-0.2, 0) is 10.8 Å². The summed E-state index contributed by atoms with van der Waals surface area (Å²) in [6.45, 7) is 0. The summed E-state index contributed by atoms with van der Waals surface area (Å²) in [6.07, 6.45) is 0. The van der Waals surface area contributed by atoms with Crippen LogP contribution in [0.3, 0.4) is 0 Å². The second-order valence-corrected chi connectivity index (χ2v) is 16.9. The molecule has 9 aromatic carbocycles. The van der Waals surface area contributed by atoms with Crippen LogP contribution >= 0.6 is 0 Å². The van der Waals surface area contributed by atoms with Gasteiger partial charge in [0.15, 0.2) is 0 Å². The minimum absolute atomic E-state index is 0.455. The van der Waals surface area contributed by atoms with E-state index in [0.29, 0.717) is 0 Å². The summed E-state index contributed by atoms with van der Waals surface area (Å²) in [7, 11) is 0. The third kappa shape index (κ3) is 4.71. The van der Waals surface area contributed by atoms with Gasteiger partial charge in [0.1, 0.15) is 0 Å². The molecule has 3 aliphatic rings. The average molecular weight is 786 g/mol. The van der Waals surface area contributed by atoms with Crippen molar-refractivity contribution in [3.8, 4) is 67.0 Å². The zero-order valence-electron chi connectivity index (χ0n) is 34.0. The predicted molar refractivity (Wildman–Crippen MR) is 254 cm³/mol. The Kier molecular flexibility index (Phi) is 7.50. The van der Waals surface area contributed by atoms with Gasteiger partial charge < -0.3 is 0 Å². The smallest absolute Gasteiger partial charge is 0.0720 e. The minimum Gasteiger partial charge on any atom is -0.248 e. The van der Waals surface area contributed by atoms with Crippen LogP contribution in [0.5, 0.6) is 0 Å². The van der Waals surface area contributed by atoms with Crippen LogP contribution < -0.4 is 0 Å². The Hall–Kier alpha value is -7.87. The Morgan fingerprint density at radius 2 is 0.532 bits per heavy atom. The second kappa shape index (κ2) is 13.3. The zero-order valence-corrected chi connectivity index (χ0v) is 34.0. The molecular weight excluding hydrogens is 747 g/mol. The van der Waals surface area contributed by atoms with Gasteiger partial charge in [0.2, 0.25) is 0 Å². The first-order valence-corrected chi connectivity index (χ1v) is 21.6. The Bertz CT molecular complexity index is 3240. The van der Waals surface area contributed by atoms with Crippen molar-refractivity contribution in [1.29, 1.82) is 0 Å². The van der Waals surface area contributed by atoms with Crippen LogP contribution in [0.15, 0.2) is 237 Å². The zero-order chi connectivity index (χ0) is 40.8. The Morgan fingerprint density at radius 1 is 0.210 bits per heavy atom. The third-order valence-electron chi connectivity index (χ3n) is 14.0. The first kappa shape index (κ1) is 34.9.